The smallest absolute Gasteiger partial charge is 0.0581 e. The van der Waals surface area contributed by atoms with Crippen LogP contribution in [-0.2, 0) is 0 Å². The third-order valence-electron chi connectivity index (χ3n) is 3.85. The van der Waals surface area contributed by atoms with Crippen LogP contribution in [0, 0.1) is 23.7 Å². The molecule has 3 atom stereocenters. The van der Waals surface area contributed by atoms with E-state index in [2.05, 4.69) is 31.0 Å². The van der Waals surface area contributed by atoms with Gasteiger partial charge in [-0.05, 0) is 38.0 Å². The Morgan fingerprint density at radius 3 is 2.73 bits per heavy atom. The van der Waals surface area contributed by atoms with E-state index in [1.165, 1.54) is 19.3 Å². The Labute approximate surface area is 94.0 Å². The fraction of sp³-hybridized carbons (Fsp3) is 0.846. The minimum atomic E-state index is 0.135. The third-order valence-corrected chi connectivity index (χ3v) is 3.85. The summed E-state index contributed by atoms with van der Waals surface area (Å²) >= 11 is 0. The van der Waals surface area contributed by atoms with Crippen molar-refractivity contribution in [3.63, 3.8) is 0 Å². The second kappa shape index (κ2) is 5.53. The summed E-state index contributed by atoms with van der Waals surface area (Å²) in [6.07, 6.45) is 3.76. The molecule has 1 saturated carbocycles. The van der Waals surface area contributed by atoms with Crippen molar-refractivity contribution in [1.82, 2.24) is 5.32 Å². The number of nitrogens with one attached hydrogen (secondary N) is 1. The maximum atomic E-state index is 5.95. The summed E-state index contributed by atoms with van der Waals surface area (Å²) in [7, 11) is 0. The highest BCUT2D eigenvalue weighted by atomic mass is 15.0. The molecule has 0 aromatic heterocycles. The summed E-state index contributed by atoms with van der Waals surface area (Å²) in [5.74, 6) is 7.49. The zero-order valence-corrected chi connectivity index (χ0v) is 10.3. The van der Waals surface area contributed by atoms with Crippen LogP contribution < -0.4 is 11.1 Å². The van der Waals surface area contributed by atoms with E-state index in [1.807, 2.05) is 6.92 Å². The van der Waals surface area contributed by atoms with Gasteiger partial charge < -0.3 is 5.73 Å². The van der Waals surface area contributed by atoms with Crippen molar-refractivity contribution in [2.24, 2.45) is 17.6 Å². The normalized spacial score (nSPS) is 35.7. The molecule has 0 saturated heterocycles. The summed E-state index contributed by atoms with van der Waals surface area (Å²) in [5.41, 5.74) is 6.08. The lowest BCUT2D eigenvalue weighted by Crippen LogP contribution is -2.58. The van der Waals surface area contributed by atoms with Gasteiger partial charge in [-0.25, -0.2) is 0 Å². The lowest BCUT2D eigenvalue weighted by molar-refractivity contribution is 0.135. The third kappa shape index (κ3) is 2.96. The molecule has 1 rings (SSSR count). The molecule has 0 amide bonds. The van der Waals surface area contributed by atoms with Crippen LogP contribution in [0.25, 0.3) is 0 Å². The standard InChI is InChI=1S/C13H24N2/c1-4-5-8-15-13(10-14)7-6-11(2)9-12(13)3/h11-12,15H,6-10,14H2,1-3H3. The van der Waals surface area contributed by atoms with Gasteiger partial charge in [0.05, 0.1) is 6.54 Å². The van der Waals surface area contributed by atoms with Gasteiger partial charge in [-0.2, -0.15) is 0 Å². The number of rotatable bonds is 3. The topological polar surface area (TPSA) is 38.0 Å². The van der Waals surface area contributed by atoms with Crippen LogP contribution >= 0.6 is 0 Å². The van der Waals surface area contributed by atoms with Crippen molar-refractivity contribution in [1.29, 1.82) is 0 Å². The molecule has 1 aliphatic rings. The van der Waals surface area contributed by atoms with Crippen LogP contribution in [0.3, 0.4) is 0 Å². The van der Waals surface area contributed by atoms with E-state index in [1.54, 1.807) is 0 Å². The molecule has 15 heavy (non-hydrogen) atoms. The molecule has 0 aromatic carbocycles. The quantitative estimate of drug-likeness (QED) is 0.694. The Morgan fingerprint density at radius 2 is 2.20 bits per heavy atom. The average Bonchev–Trinajstić information content (AvgIpc) is 2.22. The van der Waals surface area contributed by atoms with Gasteiger partial charge in [0.2, 0.25) is 0 Å². The lowest BCUT2D eigenvalue weighted by atomic mass is 9.70. The zero-order valence-electron chi connectivity index (χ0n) is 10.3. The molecule has 2 heteroatoms. The molecule has 86 valence electrons. The molecular formula is C13H24N2. The first-order valence-corrected chi connectivity index (χ1v) is 5.99. The maximum Gasteiger partial charge on any atom is 0.0581 e. The van der Waals surface area contributed by atoms with Crippen molar-refractivity contribution < 1.29 is 0 Å². The van der Waals surface area contributed by atoms with Gasteiger partial charge in [-0.3, -0.25) is 5.32 Å². The van der Waals surface area contributed by atoms with Gasteiger partial charge in [0.15, 0.2) is 0 Å². The largest absolute Gasteiger partial charge is 0.329 e. The van der Waals surface area contributed by atoms with E-state index in [0.29, 0.717) is 5.92 Å². The lowest BCUT2D eigenvalue weighted by Gasteiger charge is -2.44. The monoisotopic (exact) mass is 208 g/mol. The average molecular weight is 208 g/mol. The van der Waals surface area contributed by atoms with E-state index in [0.717, 1.165) is 19.0 Å². The molecular weight excluding hydrogens is 184 g/mol. The molecule has 0 bridgehead atoms. The molecule has 0 spiro atoms. The highest BCUT2D eigenvalue weighted by Gasteiger charge is 2.38. The molecule has 0 radical (unpaired) electrons. The van der Waals surface area contributed by atoms with E-state index in [9.17, 15) is 0 Å². The van der Waals surface area contributed by atoms with E-state index in [-0.39, 0.29) is 5.54 Å². The van der Waals surface area contributed by atoms with Gasteiger partial charge in [0.25, 0.3) is 0 Å². The van der Waals surface area contributed by atoms with Gasteiger partial charge in [-0.15, -0.1) is 5.92 Å². The summed E-state index contributed by atoms with van der Waals surface area (Å²) in [5, 5.41) is 3.56. The second-order valence-corrected chi connectivity index (χ2v) is 4.92. The van der Waals surface area contributed by atoms with Crippen LogP contribution in [0.2, 0.25) is 0 Å². The number of nitrogens with two attached hydrogens (primary N) is 1. The first-order chi connectivity index (χ1) is 7.14. The van der Waals surface area contributed by atoms with Gasteiger partial charge >= 0.3 is 0 Å². The highest BCUT2D eigenvalue weighted by Crippen LogP contribution is 2.35. The van der Waals surface area contributed by atoms with E-state index in [4.69, 9.17) is 5.73 Å². The van der Waals surface area contributed by atoms with Crippen molar-refractivity contribution in [3.8, 4) is 11.8 Å². The van der Waals surface area contributed by atoms with Crippen molar-refractivity contribution >= 4 is 0 Å². The molecule has 3 N–H and O–H groups in total. The Hall–Kier alpha value is -0.520. The summed E-state index contributed by atoms with van der Waals surface area (Å²) in [4.78, 5) is 0. The van der Waals surface area contributed by atoms with Crippen LogP contribution in [0.5, 0.6) is 0 Å². The zero-order chi connectivity index (χ0) is 11.3. The van der Waals surface area contributed by atoms with Crippen LogP contribution in [0.1, 0.15) is 40.0 Å². The van der Waals surface area contributed by atoms with Crippen LogP contribution in [0.15, 0.2) is 0 Å². The molecule has 3 unspecified atom stereocenters. The van der Waals surface area contributed by atoms with Crippen LogP contribution in [-0.4, -0.2) is 18.6 Å². The predicted molar refractivity (Wildman–Crippen MR) is 65.4 cm³/mol. The van der Waals surface area contributed by atoms with Gasteiger partial charge in [-0.1, -0.05) is 19.8 Å². The summed E-state index contributed by atoms with van der Waals surface area (Å²) in [6, 6.07) is 0. The molecule has 1 aliphatic carbocycles. The van der Waals surface area contributed by atoms with E-state index < -0.39 is 0 Å². The molecule has 0 aromatic rings. The van der Waals surface area contributed by atoms with Gasteiger partial charge in [0.1, 0.15) is 0 Å². The summed E-state index contributed by atoms with van der Waals surface area (Å²) in [6.45, 7) is 8.03. The fourth-order valence-electron chi connectivity index (χ4n) is 2.64. The first kappa shape index (κ1) is 12.5. The Bertz CT molecular complexity index is 251. The Kier molecular flexibility index (Phi) is 4.63. The van der Waals surface area contributed by atoms with Crippen molar-refractivity contribution in [3.05, 3.63) is 0 Å². The van der Waals surface area contributed by atoms with Crippen molar-refractivity contribution in [2.45, 2.75) is 45.6 Å². The highest BCUT2D eigenvalue weighted by molar-refractivity contribution is 5.03. The van der Waals surface area contributed by atoms with Gasteiger partial charge in [0, 0.05) is 12.1 Å². The molecule has 0 aliphatic heterocycles. The number of hydrogen-bond donors (Lipinski definition) is 2. The second-order valence-electron chi connectivity index (χ2n) is 4.92. The first-order valence-electron chi connectivity index (χ1n) is 5.99. The molecule has 0 heterocycles. The minimum absolute atomic E-state index is 0.135. The molecule has 1 fully saturated rings. The maximum absolute atomic E-state index is 5.95. The minimum Gasteiger partial charge on any atom is -0.329 e. The van der Waals surface area contributed by atoms with Crippen LogP contribution in [0.4, 0.5) is 0 Å². The SMILES string of the molecule is CC#CCNC1(CN)CCC(C)CC1C. The number of hydrogen-bond acceptors (Lipinski definition) is 2. The van der Waals surface area contributed by atoms with Crippen molar-refractivity contribution in [2.75, 3.05) is 13.1 Å². The predicted octanol–water partition coefficient (Wildman–Crippen LogP) is 1.75. The molecule has 2 nitrogen and oxygen atoms in total. The fourth-order valence-corrected chi connectivity index (χ4v) is 2.64. The summed E-state index contributed by atoms with van der Waals surface area (Å²) < 4.78 is 0. The van der Waals surface area contributed by atoms with E-state index >= 15 is 0 Å². The Morgan fingerprint density at radius 1 is 1.47 bits per heavy atom. The Balaban J connectivity index is 2.60.